The van der Waals surface area contributed by atoms with E-state index in [0.717, 1.165) is 36.8 Å². The molecule has 0 radical (unpaired) electrons. The predicted octanol–water partition coefficient (Wildman–Crippen LogP) is 3.41. The average molecular weight is 341 g/mol. The van der Waals surface area contributed by atoms with Gasteiger partial charge in [-0.15, -0.1) is 0 Å². The summed E-state index contributed by atoms with van der Waals surface area (Å²) in [4.78, 5) is 22.8. The SMILES string of the molecule is CC(C)(C)ON1CCC(CNC(=O)c2cccc3cccnc23)CC1. The molecule has 1 saturated heterocycles. The maximum Gasteiger partial charge on any atom is 0.253 e. The van der Waals surface area contributed by atoms with Gasteiger partial charge in [-0.2, -0.15) is 5.06 Å². The molecule has 0 unspecified atom stereocenters. The molecule has 2 aromatic rings. The first kappa shape index (κ1) is 17.8. The van der Waals surface area contributed by atoms with Gasteiger partial charge in [-0.25, -0.2) is 0 Å². The molecular weight excluding hydrogens is 314 g/mol. The molecule has 1 amide bonds. The van der Waals surface area contributed by atoms with Crippen LogP contribution in [0.4, 0.5) is 0 Å². The zero-order valence-electron chi connectivity index (χ0n) is 15.3. The van der Waals surface area contributed by atoms with Crippen LogP contribution in [0.25, 0.3) is 10.9 Å². The van der Waals surface area contributed by atoms with Crippen LogP contribution in [-0.2, 0) is 4.84 Å². The Morgan fingerprint density at radius 1 is 1.24 bits per heavy atom. The van der Waals surface area contributed by atoms with Gasteiger partial charge in [0.1, 0.15) is 0 Å². The number of carbonyl (C=O) groups excluding carboxylic acids is 1. The predicted molar refractivity (Wildman–Crippen MR) is 99.2 cm³/mol. The summed E-state index contributed by atoms with van der Waals surface area (Å²) >= 11 is 0. The van der Waals surface area contributed by atoms with E-state index in [9.17, 15) is 4.79 Å². The van der Waals surface area contributed by atoms with Crippen LogP contribution in [0, 0.1) is 5.92 Å². The van der Waals surface area contributed by atoms with Gasteiger partial charge >= 0.3 is 0 Å². The second-order valence-electron chi connectivity index (χ2n) is 7.67. The van der Waals surface area contributed by atoms with Crippen LogP contribution in [-0.4, -0.2) is 41.2 Å². The van der Waals surface area contributed by atoms with Gasteiger partial charge in [0.05, 0.1) is 16.7 Å². The average Bonchev–Trinajstić information content (AvgIpc) is 2.59. The third-order valence-corrected chi connectivity index (χ3v) is 4.41. The van der Waals surface area contributed by atoms with Crippen LogP contribution < -0.4 is 5.32 Å². The number of pyridine rings is 1. The first-order valence-corrected chi connectivity index (χ1v) is 8.98. The fraction of sp³-hybridized carbons (Fsp3) is 0.500. The molecular formula is C20H27N3O2. The van der Waals surface area contributed by atoms with Crippen molar-refractivity contribution in [1.29, 1.82) is 0 Å². The first-order valence-electron chi connectivity index (χ1n) is 8.98. The molecule has 0 saturated carbocycles. The number of amides is 1. The van der Waals surface area contributed by atoms with Gasteiger partial charge in [-0.1, -0.05) is 18.2 Å². The maximum atomic E-state index is 12.6. The normalized spacial score (nSPS) is 16.9. The molecule has 3 rings (SSSR count). The molecule has 0 aliphatic carbocycles. The van der Waals surface area contributed by atoms with Crippen LogP contribution in [0.3, 0.4) is 0 Å². The molecule has 1 N–H and O–H groups in total. The Hall–Kier alpha value is -1.98. The van der Waals surface area contributed by atoms with Gasteiger partial charge in [-0.3, -0.25) is 14.6 Å². The number of nitrogens with zero attached hydrogens (tertiary/aromatic N) is 2. The van der Waals surface area contributed by atoms with Crippen molar-refractivity contribution in [2.45, 2.75) is 39.2 Å². The number of aromatic nitrogens is 1. The summed E-state index contributed by atoms with van der Waals surface area (Å²) in [5, 5.41) is 6.12. The highest BCUT2D eigenvalue weighted by Crippen LogP contribution is 2.21. The Kier molecular flexibility index (Phi) is 5.35. The van der Waals surface area contributed by atoms with Crippen molar-refractivity contribution in [3.05, 3.63) is 42.1 Å². The van der Waals surface area contributed by atoms with E-state index in [4.69, 9.17) is 4.84 Å². The lowest BCUT2D eigenvalue weighted by Crippen LogP contribution is -2.42. The van der Waals surface area contributed by atoms with Crippen molar-refractivity contribution < 1.29 is 9.63 Å². The van der Waals surface area contributed by atoms with Crippen molar-refractivity contribution in [3.63, 3.8) is 0 Å². The Morgan fingerprint density at radius 3 is 2.68 bits per heavy atom. The van der Waals surface area contributed by atoms with Crippen molar-refractivity contribution in [1.82, 2.24) is 15.4 Å². The highest BCUT2D eigenvalue weighted by Gasteiger charge is 2.24. The lowest BCUT2D eigenvalue weighted by atomic mass is 9.97. The summed E-state index contributed by atoms with van der Waals surface area (Å²) in [7, 11) is 0. The minimum Gasteiger partial charge on any atom is -0.352 e. The Bertz CT molecular complexity index is 726. The van der Waals surface area contributed by atoms with Gasteiger partial charge in [0.25, 0.3) is 5.91 Å². The number of hydroxylamine groups is 2. The summed E-state index contributed by atoms with van der Waals surface area (Å²) in [6, 6.07) is 9.58. The number of para-hydroxylation sites is 1. The molecule has 2 heterocycles. The summed E-state index contributed by atoms with van der Waals surface area (Å²) in [5.74, 6) is 0.448. The highest BCUT2D eigenvalue weighted by atomic mass is 16.7. The molecule has 25 heavy (non-hydrogen) atoms. The molecule has 0 bridgehead atoms. The van der Waals surface area contributed by atoms with E-state index >= 15 is 0 Å². The van der Waals surface area contributed by atoms with E-state index in [2.05, 4.69) is 31.1 Å². The van der Waals surface area contributed by atoms with E-state index in [1.54, 1.807) is 6.20 Å². The number of rotatable bonds is 4. The zero-order valence-corrected chi connectivity index (χ0v) is 15.3. The molecule has 0 atom stereocenters. The molecule has 134 valence electrons. The van der Waals surface area contributed by atoms with Crippen LogP contribution in [0.5, 0.6) is 0 Å². The zero-order chi connectivity index (χ0) is 17.9. The van der Waals surface area contributed by atoms with Crippen molar-refractivity contribution in [2.75, 3.05) is 19.6 Å². The van der Waals surface area contributed by atoms with Crippen LogP contribution in [0.15, 0.2) is 36.5 Å². The van der Waals surface area contributed by atoms with Crippen LogP contribution in [0.2, 0.25) is 0 Å². The van der Waals surface area contributed by atoms with Gasteiger partial charge in [0.2, 0.25) is 0 Å². The molecule has 5 heteroatoms. The number of fused-ring (bicyclic) bond motifs is 1. The van der Waals surface area contributed by atoms with Gasteiger partial charge in [0, 0.05) is 31.2 Å². The number of nitrogens with one attached hydrogen (secondary N) is 1. The van der Waals surface area contributed by atoms with Gasteiger partial charge in [-0.05, 0) is 51.7 Å². The molecule has 1 aliphatic heterocycles. The molecule has 1 aromatic carbocycles. The van der Waals surface area contributed by atoms with Crippen molar-refractivity contribution in [3.8, 4) is 0 Å². The highest BCUT2D eigenvalue weighted by molar-refractivity contribution is 6.05. The lowest BCUT2D eigenvalue weighted by molar-refractivity contribution is -0.238. The lowest BCUT2D eigenvalue weighted by Gasteiger charge is -2.35. The second-order valence-corrected chi connectivity index (χ2v) is 7.67. The fourth-order valence-electron chi connectivity index (χ4n) is 3.21. The number of hydrogen-bond donors (Lipinski definition) is 1. The van der Waals surface area contributed by atoms with E-state index in [1.807, 2.05) is 35.4 Å². The van der Waals surface area contributed by atoms with Crippen molar-refractivity contribution >= 4 is 16.8 Å². The van der Waals surface area contributed by atoms with Crippen LogP contribution >= 0.6 is 0 Å². The monoisotopic (exact) mass is 341 g/mol. The number of hydrogen-bond acceptors (Lipinski definition) is 4. The topological polar surface area (TPSA) is 54.5 Å². The fourth-order valence-corrected chi connectivity index (χ4v) is 3.21. The van der Waals surface area contributed by atoms with E-state index in [1.165, 1.54) is 0 Å². The first-order chi connectivity index (χ1) is 11.9. The molecule has 1 aliphatic rings. The minimum atomic E-state index is -0.150. The summed E-state index contributed by atoms with van der Waals surface area (Å²) in [6.07, 6.45) is 3.79. The Labute approximate surface area is 149 Å². The van der Waals surface area contributed by atoms with Gasteiger partial charge < -0.3 is 5.32 Å². The molecule has 1 aromatic heterocycles. The summed E-state index contributed by atoms with van der Waals surface area (Å²) in [5.41, 5.74) is 1.25. The third-order valence-electron chi connectivity index (χ3n) is 4.41. The molecule has 0 spiro atoms. The summed E-state index contributed by atoms with van der Waals surface area (Å²) < 4.78 is 0. The van der Waals surface area contributed by atoms with Crippen molar-refractivity contribution in [2.24, 2.45) is 5.92 Å². The van der Waals surface area contributed by atoms with Crippen LogP contribution in [0.1, 0.15) is 44.0 Å². The van der Waals surface area contributed by atoms with E-state index in [0.29, 0.717) is 18.0 Å². The Morgan fingerprint density at radius 2 is 1.96 bits per heavy atom. The quantitative estimate of drug-likeness (QED) is 0.926. The van der Waals surface area contributed by atoms with E-state index < -0.39 is 0 Å². The Balaban J connectivity index is 1.53. The minimum absolute atomic E-state index is 0.0438. The summed E-state index contributed by atoms with van der Waals surface area (Å²) in [6.45, 7) is 8.72. The third kappa shape index (κ3) is 4.77. The van der Waals surface area contributed by atoms with Gasteiger partial charge in [0.15, 0.2) is 0 Å². The molecule has 5 nitrogen and oxygen atoms in total. The standard InChI is InChI=1S/C20H27N3O2/c1-20(2,3)25-23-12-9-15(10-13-23)14-22-19(24)17-8-4-6-16-7-5-11-21-18(16)17/h4-8,11,15H,9-10,12-14H2,1-3H3,(H,22,24). The second kappa shape index (κ2) is 7.50. The number of benzene rings is 1. The largest absolute Gasteiger partial charge is 0.352 e. The van der Waals surface area contributed by atoms with E-state index in [-0.39, 0.29) is 11.5 Å². The molecule has 1 fully saturated rings. The number of piperidine rings is 1. The number of carbonyl (C=O) groups is 1. The smallest absolute Gasteiger partial charge is 0.253 e. The maximum absolute atomic E-state index is 12.6.